The van der Waals surface area contributed by atoms with Crippen LogP contribution in [0.1, 0.15) is 50.2 Å². The number of rotatable bonds is 9. The number of nitrogens with zero attached hydrogens (tertiary/aromatic N) is 3. The van der Waals surface area contributed by atoms with E-state index in [1.807, 2.05) is 30.3 Å². The Kier molecular flexibility index (Phi) is 7.45. The van der Waals surface area contributed by atoms with Gasteiger partial charge in [0.05, 0.1) is 6.61 Å². The molecule has 1 heterocycles. The van der Waals surface area contributed by atoms with Crippen LogP contribution in [-0.4, -0.2) is 42.9 Å². The molecule has 2 aromatic carbocycles. The van der Waals surface area contributed by atoms with Gasteiger partial charge < -0.3 is 10.1 Å². The molecular formula is C26H32N4O2. The van der Waals surface area contributed by atoms with Crippen molar-refractivity contribution in [3.8, 4) is 0 Å². The van der Waals surface area contributed by atoms with Gasteiger partial charge in [-0.05, 0) is 36.1 Å². The van der Waals surface area contributed by atoms with Crippen molar-refractivity contribution < 1.29 is 9.53 Å². The number of fused-ring (bicyclic) bond motifs is 3. The minimum atomic E-state index is -0.675. The minimum Gasteiger partial charge on any atom is -0.353 e. The van der Waals surface area contributed by atoms with Gasteiger partial charge in [-0.1, -0.05) is 68.0 Å². The lowest BCUT2D eigenvalue weighted by Gasteiger charge is -2.29. The predicted octanol–water partition coefficient (Wildman–Crippen LogP) is 5.45. The molecule has 0 saturated carbocycles. The van der Waals surface area contributed by atoms with E-state index < -0.39 is 6.17 Å². The Morgan fingerprint density at radius 3 is 2.56 bits per heavy atom. The summed E-state index contributed by atoms with van der Waals surface area (Å²) in [5, 5.41) is 12.0. The van der Waals surface area contributed by atoms with E-state index in [1.54, 1.807) is 0 Å². The normalized spacial score (nSPS) is 20.7. The van der Waals surface area contributed by atoms with Crippen LogP contribution in [0.25, 0.3) is 6.08 Å². The average molecular weight is 433 g/mol. The highest BCUT2D eigenvalue weighted by atomic mass is 16.5. The molecule has 1 N–H and O–H groups in total. The maximum Gasteiger partial charge on any atom is 0.266 e. The zero-order valence-corrected chi connectivity index (χ0v) is 18.9. The van der Waals surface area contributed by atoms with Crippen LogP contribution in [0.3, 0.4) is 0 Å². The zero-order chi connectivity index (χ0) is 22.3. The van der Waals surface area contributed by atoms with E-state index in [9.17, 15) is 4.79 Å². The van der Waals surface area contributed by atoms with Gasteiger partial charge in [-0.25, -0.2) is 0 Å². The number of azo groups is 1. The summed E-state index contributed by atoms with van der Waals surface area (Å²) in [6, 6.07) is 18.0. The molecule has 1 aliphatic carbocycles. The quantitative estimate of drug-likeness (QED) is 0.536. The molecule has 1 saturated heterocycles. The molecule has 168 valence electrons. The van der Waals surface area contributed by atoms with E-state index in [2.05, 4.69) is 64.6 Å². The van der Waals surface area contributed by atoms with Crippen LogP contribution in [0.4, 0.5) is 5.69 Å². The fourth-order valence-corrected chi connectivity index (χ4v) is 4.49. The van der Waals surface area contributed by atoms with Crippen molar-refractivity contribution >= 4 is 17.7 Å². The molecule has 0 radical (unpaired) electrons. The lowest BCUT2D eigenvalue weighted by Crippen LogP contribution is -2.43. The summed E-state index contributed by atoms with van der Waals surface area (Å²) in [6.07, 6.45) is 3.81. The van der Waals surface area contributed by atoms with Crippen LogP contribution in [0.5, 0.6) is 0 Å². The van der Waals surface area contributed by atoms with Crippen molar-refractivity contribution in [2.24, 2.45) is 10.2 Å². The largest absolute Gasteiger partial charge is 0.353 e. The van der Waals surface area contributed by atoms with Gasteiger partial charge in [0.25, 0.3) is 5.91 Å². The van der Waals surface area contributed by atoms with Gasteiger partial charge in [-0.3, -0.25) is 9.69 Å². The van der Waals surface area contributed by atoms with Crippen LogP contribution in [0, 0.1) is 0 Å². The summed E-state index contributed by atoms with van der Waals surface area (Å²) >= 11 is 0. The number of anilines is 1. The monoisotopic (exact) mass is 432 g/mol. The number of hydrogen-bond donors (Lipinski definition) is 1. The van der Waals surface area contributed by atoms with Crippen LogP contribution < -0.4 is 5.32 Å². The van der Waals surface area contributed by atoms with E-state index in [0.717, 1.165) is 31.6 Å². The number of amides is 1. The average Bonchev–Trinajstić information content (AvgIpc) is 3.18. The maximum absolute atomic E-state index is 13.1. The van der Waals surface area contributed by atoms with E-state index in [0.29, 0.717) is 18.9 Å². The molecule has 0 aromatic heterocycles. The first-order valence-electron chi connectivity index (χ1n) is 11.6. The number of hydrogen-bond acceptors (Lipinski definition) is 5. The fraction of sp³-hybridized carbons (Fsp3) is 0.423. The lowest BCUT2D eigenvalue weighted by atomic mass is 9.92. The van der Waals surface area contributed by atoms with Crippen LogP contribution in [-0.2, 0) is 9.53 Å². The fourth-order valence-electron chi connectivity index (χ4n) is 4.49. The Labute approximate surface area is 190 Å². The first-order valence-corrected chi connectivity index (χ1v) is 11.6. The first kappa shape index (κ1) is 22.4. The van der Waals surface area contributed by atoms with Gasteiger partial charge in [0.1, 0.15) is 0 Å². The van der Waals surface area contributed by atoms with Gasteiger partial charge in [-0.15, -0.1) is 0 Å². The molecule has 32 heavy (non-hydrogen) atoms. The third-order valence-electron chi connectivity index (χ3n) is 5.97. The molecule has 6 heteroatoms. The summed E-state index contributed by atoms with van der Waals surface area (Å²) in [5.41, 5.74) is 4.70. The van der Waals surface area contributed by atoms with Crippen LogP contribution in [0.15, 0.2) is 70.4 Å². The van der Waals surface area contributed by atoms with Gasteiger partial charge in [0.15, 0.2) is 6.23 Å². The van der Waals surface area contributed by atoms with Crippen molar-refractivity contribution in [1.82, 2.24) is 4.90 Å². The first-order chi connectivity index (χ1) is 15.7. The van der Waals surface area contributed by atoms with Crippen LogP contribution >= 0.6 is 0 Å². The Balaban J connectivity index is 1.48. The van der Waals surface area contributed by atoms with Crippen molar-refractivity contribution in [3.05, 3.63) is 71.3 Å². The smallest absolute Gasteiger partial charge is 0.266 e. The number of benzene rings is 2. The molecule has 3 unspecified atom stereocenters. The third kappa shape index (κ3) is 5.14. The second-order valence-corrected chi connectivity index (χ2v) is 8.39. The Morgan fingerprint density at radius 2 is 1.81 bits per heavy atom. The van der Waals surface area contributed by atoms with Crippen molar-refractivity contribution in [2.45, 2.75) is 51.4 Å². The molecule has 3 atom stereocenters. The molecule has 1 fully saturated rings. The number of carbonyl (C=O) groups is 1. The van der Waals surface area contributed by atoms with Crippen molar-refractivity contribution in [2.75, 3.05) is 25.0 Å². The van der Waals surface area contributed by atoms with E-state index in [1.165, 1.54) is 16.7 Å². The third-order valence-corrected chi connectivity index (χ3v) is 5.97. The molecule has 2 aromatic rings. The molecule has 6 nitrogen and oxygen atoms in total. The number of ether oxygens (including phenoxy) is 1. The topological polar surface area (TPSA) is 66.3 Å². The molecule has 0 bridgehead atoms. The lowest BCUT2D eigenvalue weighted by molar-refractivity contribution is -0.121. The molecule has 1 amide bonds. The number of nitrogens with one attached hydrogen (secondary N) is 1. The zero-order valence-electron chi connectivity index (χ0n) is 18.9. The molecular weight excluding hydrogens is 400 g/mol. The molecule has 0 spiro atoms. The molecule has 2 aliphatic rings. The summed E-state index contributed by atoms with van der Waals surface area (Å²) < 4.78 is 6.05. The standard InChI is InChI=1S/C26H32N4O2/c1-3-14-30(15-4-2)25(26(31)27-21-11-6-5-7-12-21)29-28-24-17-20-16-19-10-8-9-13-22(19)23(20)18-32-24/h5-13,16,23-25H,3-4,14-15,17-18H2,1-2H3,(H,27,31). The number of carbonyl (C=O) groups excluding carboxylic acids is 1. The minimum absolute atomic E-state index is 0.164. The van der Waals surface area contributed by atoms with E-state index in [4.69, 9.17) is 4.74 Å². The second-order valence-electron chi connectivity index (χ2n) is 8.39. The Hall–Kier alpha value is -2.83. The van der Waals surface area contributed by atoms with Crippen molar-refractivity contribution in [3.63, 3.8) is 0 Å². The van der Waals surface area contributed by atoms with E-state index in [-0.39, 0.29) is 12.1 Å². The highest BCUT2D eigenvalue weighted by Gasteiger charge is 2.33. The molecule has 4 rings (SSSR count). The highest BCUT2D eigenvalue weighted by Crippen LogP contribution is 2.42. The Bertz CT molecular complexity index is 967. The van der Waals surface area contributed by atoms with Gasteiger partial charge in [0.2, 0.25) is 6.17 Å². The number of para-hydroxylation sites is 1. The van der Waals surface area contributed by atoms with Gasteiger partial charge >= 0.3 is 0 Å². The van der Waals surface area contributed by atoms with Crippen molar-refractivity contribution in [1.29, 1.82) is 0 Å². The summed E-state index contributed by atoms with van der Waals surface area (Å²) in [7, 11) is 0. The van der Waals surface area contributed by atoms with Crippen LogP contribution in [0.2, 0.25) is 0 Å². The predicted molar refractivity (Wildman–Crippen MR) is 127 cm³/mol. The second kappa shape index (κ2) is 10.7. The summed E-state index contributed by atoms with van der Waals surface area (Å²) in [6.45, 7) is 6.39. The summed E-state index contributed by atoms with van der Waals surface area (Å²) in [5.74, 6) is 0.148. The SMILES string of the molecule is CCCN(CCC)C(N=NC1CC2=Cc3ccccc3C2CO1)C(=O)Nc1ccccc1. The van der Waals surface area contributed by atoms with E-state index >= 15 is 0 Å². The van der Waals surface area contributed by atoms with Gasteiger partial charge in [0, 0.05) is 31.1 Å². The Morgan fingerprint density at radius 1 is 1.09 bits per heavy atom. The summed E-state index contributed by atoms with van der Waals surface area (Å²) in [4.78, 5) is 15.2. The highest BCUT2D eigenvalue weighted by molar-refractivity contribution is 5.94. The molecule has 1 aliphatic heterocycles. The maximum atomic E-state index is 13.1. The van der Waals surface area contributed by atoms with Gasteiger partial charge in [-0.2, -0.15) is 10.2 Å².